The largest absolute Gasteiger partial charge is 0.513 e. The van der Waals surface area contributed by atoms with Crippen LogP contribution in [0, 0.1) is 5.92 Å². The van der Waals surface area contributed by atoms with Crippen LogP contribution < -0.4 is 10.2 Å². The number of aliphatic hydroxyl groups is 1. The Kier molecular flexibility index (Phi) is 8.38. The van der Waals surface area contributed by atoms with E-state index in [-0.39, 0.29) is 5.76 Å². The van der Waals surface area contributed by atoms with Crippen LogP contribution in [0.2, 0.25) is 0 Å². The lowest BCUT2D eigenvalue weighted by Gasteiger charge is -2.38. The molecule has 1 aliphatic carbocycles. The van der Waals surface area contributed by atoms with Gasteiger partial charge in [-0.25, -0.2) is 0 Å². The van der Waals surface area contributed by atoms with Crippen LogP contribution in [0.1, 0.15) is 77.1 Å². The van der Waals surface area contributed by atoms with Crippen molar-refractivity contribution < 1.29 is 5.11 Å². The molecule has 1 aromatic carbocycles. The van der Waals surface area contributed by atoms with Gasteiger partial charge in [0.15, 0.2) is 0 Å². The molecule has 0 radical (unpaired) electrons. The molecular weight excluding hydrogens is 386 g/mol. The zero-order valence-corrected chi connectivity index (χ0v) is 19.5. The highest BCUT2D eigenvalue weighted by Gasteiger charge is 2.24. The van der Waals surface area contributed by atoms with Gasteiger partial charge in [0.1, 0.15) is 5.82 Å². The highest BCUT2D eigenvalue weighted by molar-refractivity contribution is 5.74. The van der Waals surface area contributed by atoms with Gasteiger partial charge >= 0.3 is 0 Å². The summed E-state index contributed by atoms with van der Waals surface area (Å²) in [5.74, 6) is 2.32. The molecule has 3 N–H and O–H groups in total. The number of hydrogen-bond acceptors (Lipinski definition) is 5. The van der Waals surface area contributed by atoms with E-state index in [9.17, 15) is 5.11 Å². The number of anilines is 3. The van der Waals surface area contributed by atoms with Gasteiger partial charge in [-0.3, -0.25) is 5.10 Å². The third kappa shape index (κ3) is 6.74. The van der Waals surface area contributed by atoms with E-state index >= 15 is 0 Å². The van der Waals surface area contributed by atoms with E-state index in [1.54, 1.807) is 0 Å². The first-order valence-corrected chi connectivity index (χ1v) is 11.9. The number of hydrogen-bond donors (Lipinski definition) is 3. The Hall–Kier alpha value is -2.50. The first-order valence-electron chi connectivity index (χ1n) is 11.9. The lowest BCUT2D eigenvalue weighted by Crippen LogP contribution is -2.39. The molecule has 1 saturated carbocycles. The number of aromatic amines is 1. The van der Waals surface area contributed by atoms with E-state index in [4.69, 9.17) is 0 Å². The van der Waals surface area contributed by atoms with E-state index in [0.717, 1.165) is 37.3 Å². The van der Waals surface area contributed by atoms with Gasteiger partial charge in [-0.1, -0.05) is 52.7 Å². The molecule has 0 atom stereocenters. The summed E-state index contributed by atoms with van der Waals surface area (Å²) in [4.78, 5) is 7.22. The monoisotopic (exact) mass is 425 g/mol. The molecule has 0 amide bonds. The Balaban J connectivity index is 1.93. The summed E-state index contributed by atoms with van der Waals surface area (Å²) in [5, 5.41) is 20.5. The van der Waals surface area contributed by atoms with Gasteiger partial charge in [-0.2, -0.15) is 4.98 Å². The molecule has 0 bridgehead atoms. The summed E-state index contributed by atoms with van der Waals surface area (Å²) in [6.45, 7) is 11.4. The van der Waals surface area contributed by atoms with Crippen LogP contribution in [0.4, 0.5) is 17.3 Å². The maximum Gasteiger partial charge on any atom is 0.246 e. The molecule has 6 heteroatoms. The lowest BCUT2D eigenvalue weighted by molar-refractivity contribution is 0.391. The second-order valence-electron chi connectivity index (χ2n) is 9.24. The molecule has 0 spiro atoms. The molecule has 170 valence electrons. The molecule has 0 saturated heterocycles. The molecule has 6 nitrogen and oxygen atoms in total. The number of H-pyrrole nitrogens is 1. The summed E-state index contributed by atoms with van der Waals surface area (Å²) < 4.78 is 0. The highest BCUT2D eigenvalue weighted by Crippen LogP contribution is 2.35. The van der Waals surface area contributed by atoms with Crippen molar-refractivity contribution >= 4 is 17.3 Å². The summed E-state index contributed by atoms with van der Waals surface area (Å²) in [5.41, 5.74) is 3.42. The number of aromatic nitrogens is 3. The number of nitrogens with zero attached hydrogens (tertiary/aromatic N) is 3. The normalized spacial score (nSPS) is 14.7. The standard InChI is InChI=1S/C25H39N5O/c1-5-9-24-27-25(29-28-24)26-22-16-20(13-12-19(4)31)14-15-23(22)30(17-18(2)3)21-10-7-6-8-11-21/h14-16,18,21,31H,4-13,17H2,1-3H3,(H2,26,27,28,29). The van der Waals surface area contributed by atoms with Crippen LogP contribution in [0.15, 0.2) is 30.5 Å². The van der Waals surface area contributed by atoms with Crippen molar-refractivity contribution in [2.24, 2.45) is 5.92 Å². The zero-order valence-electron chi connectivity index (χ0n) is 19.5. The van der Waals surface area contributed by atoms with Crippen LogP contribution in [0.5, 0.6) is 0 Å². The van der Waals surface area contributed by atoms with Crippen molar-refractivity contribution in [1.29, 1.82) is 0 Å². The molecule has 31 heavy (non-hydrogen) atoms. The van der Waals surface area contributed by atoms with Crippen LogP contribution in [0.25, 0.3) is 0 Å². The van der Waals surface area contributed by atoms with Crippen molar-refractivity contribution in [3.05, 3.63) is 41.9 Å². The van der Waals surface area contributed by atoms with Crippen molar-refractivity contribution in [2.75, 3.05) is 16.8 Å². The molecule has 1 aliphatic rings. The second-order valence-corrected chi connectivity index (χ2v) is 9.24. The Morgan fingerprint density at radius 2 is 2.03 bits per heavy atom. The van der Waals surface area contributed by atoms with Gasteiger partial charge in [0, 0.05) is 25.4 Å². The summed E-state index contributed by atoms with van der Waals surface area (Å²) >= 11 is 0. The maximum atomic E-state index is 9.54. The second kappa shape index (κ2) is 11.2. The van der Waals surface area contributed by atoms with Crippen LogP contribution in [-0.2, 0) is 12.8 Å². The third-order valence-electron chi connectivity index (χ3n) is 5.91. The quantitative estimate of drug-likeness (QED) is 0.368. The van der Waals surface area contributed by atoms with E-state index in [0.29, 0.717) is 24.3 Å². The van der Waals surface area contributed by atoms with E-state index in [2.05, 4.69) is 70.9 Å². The molecule has 0 aliphatic heterocycles. The predicted octanol–water partition coefficient (Wildman–Crippen LogP) is 6.30. The molecular formula is C25H39N5O. The molecule has 3 rings (SSSR count). The summed E-state index contributed by atoms with van der Waals surface area (Å²) in [6.07, 6.45) is 9.70. The average molecular weight is 426 g/mol. The SMILES string of the molecule is C=C(O)CCc1ccc(N(CC(C)C)C2CCCCC2)c(Nc2n[nH]c(CCC)n2)c1. The van der Waals surface area contributed by atoms with Crippen molar-refractivity contribution in [3.63, 3.8) is 0 Å². The Morgan fingerprint density at radius 1 is 1.26 bits per heavy atom. The van der Waals surface area contributed by atoms with E-state index in [1.807, 2.05) is 0 Å². The Bertz CT molecular complexity index is 838. The van der Waals surface area contributed by atoms with Crippen molar-refractivity contribution in [1.82, 2.24) is 15.2 Å². The van der Waals surface area contributed by atoms with Gasteiger partial charge in [-0.15, -0.1) is 5.10 Å². The van der Waals surface area contributed by atoms with E-state index in [1.165, 1.54) is 43.4 Å². The molecule has 0 unspecified atom stereocenters. The molecule has 2 aromatic rings. The van der Waals surface area contributed by atoms with E-state index < -0.39 is 0 Å². The smallest absolute Gasteiger partial charge is 0.246 e. The zero-order chi connectivity index (χ0) is 22.2. The van der Waals surface area contributed by atoms with Gasteiger partial charge in [0.2, 0.25) is 5.95 Å². The highest BCUT2D eigenvalue weighted by atomic mass is 16.3. The van der Waals surface area contributed by atoms with Gasteiger partial charge in [0.05, 0.1) is 17.1 Å². The molecule has 1 heterocycles. The number of rotatable bonds is 11. The maximum absolute atomic E-state index is 9.54. The third-order valence-corrected chi connectivity index (χ3v) is 5.91. The topological polar surface area (TPSA) is 77.1 Å². The summed E-state index contributed by atoms with van der Waals surface area (Å²) in [6, 6.07) is 7.17. The fraction of sp³-hybridized carbons (Fsp3) is 0.600. The van der Waals surface area contributed by atoms with Crippen LogP contribution in [0.3, 0.4) is 0 Å². The Labute approximate surface area is 187 Å². The average Bonchev–Trinajstić information content (AvgIpc) is 3.18. The number of nitrogens with one attached hydrogen (secondary N) is 2. The van der Waals surface area contributed by atoms with Crippen molar-refractivity contribution in [2.45, 2.75) is 84.6 Å². The fourth-order valence-corrected chi connectivity index (χ4v) is 4.43. The van der Waals surface area contributed by atoms with Gasteiger partial charge < -0.3 is 15.3 Å². The van der Waals surface area contributed by atoms with Gasteiger partial charge in [-0.05, 0) is 49.3 Å². The van der Waals surface area contributed by atoms with Crippen molar-refractivity contribution in [3.8, 4) is 0 Å². The molecule has 1 aromatic heterocycles. The first kappa shape index (κ1) is 23.2. The minimum Gasteiger partial charge on any atom is -0.513 e. The van der Waals surface area contributed by atoms with Crippen LogP contribution in [-0.4, -0.2) is 32.9 Å². The summed E-state index contributed by atoms with van der Waals surface area (Å²) in [7, 11) is 0. The number of benzene rings is 1. The van der Waals surface area contributed by atoms with Crippen LogP contribution >= 0.6 is 0 Å². The number of allylic oxidation sites excluding steroid dienone is 1. The minimum absolute atomic E-state index is 0.223. The first-order chi connectivity index (χ1) is 15.0. The Morgan fingerprint density at radius 3 is 2.71 bits per heavy atom. The minimum atomic E-state index is 0.223. The number of aliphatic hydroxyl groups excluding tert-OH is 1. The number of aryl methyl sites for hydroxylation is 2. The molecule has 1 fully saturated rings. The lowest BCUT2D eigenvalue weighted by atomic mass is 9.92. The van der Waals surface area contributed by atoms with Gasteiger partial charge in [0.25, 0.3) is 0 Å². The fourth-order valence-electron chi connectivity index (χ4n) is 4.43. The predicted molar refractivity (Wildman–Crippen MR) is 129 cm³/mol.